The van der Waals surface area contributed by atoms with Crippen LogP contribution in [0.3, 0.4) is 0 Å². The minimum Gasteiger partial charge on any atom is -0.489 e. The second-order valence-corrected chi connectivity index (χ2v) is 8.00. The predicted octanol–water partition coefficient (Wildman–Crippen LogP) is 5.85. The van der Waals surface area contributed by atoms with E-state index in [1.165, 1.54) is 12.1 Å². The Balaban J connectivity index is 1.42. The number of rotatable bonds is 4. The van der Waals surface area contributed by atoms with Crippen LogP contribution in [-0.4, -0.2) is 12.6 Å². The summed E-state index contributed by atoms with van der Waals surface area (Å²) < 4.78 is 36.0. The monoisotopic (exact) mass is 452 g/mol. The summed E-state index contributed by atoms with van der Waals surface area (Å²) in [6.45, 7) is 2.53. The molecular formula is C25H18ClFO5. The van der Waals surface area contributed by atoms with Gasteiger partial charge >= 0.3 is 0 Å². The van der Waals surface area contributed by atoms with Crippen molar-refractivity contribution in [3.8, 4) is 17.2 Å². The summed E-state index contributed by atoms with van der Waals surface area (Å²) >= 11 is 6.23. The van der Waals surface area contributed by atoms with Crippen LogP contribution in [0.1, 0.15) is 32.6 Å². The van der Waals surface area contributed by atoms with Gasteiger partial charge in [-0.05, 0) is 54.5 Å². The minimum atomic E-state index is -0.321. The smallest absolute Gasteiger partial charge is 0.232 e. The summed E-state index contributed by atoms with van der Waals surface area (Å²) in [5, 5.41) is 0.511. The van der Waals surface area contributed by atoms with Crippen LogP contribution in [0.5, 0.6) is 17.2 Å². The zero-order chi connectivity index (χ0) is 22.2. The minimum absolute atomic E-state index is 0.130. The molecule has 7 heteroatoms. The number of ether oxygens (including phenoxy) is 4. The number of Topliss-reactive ketones (excluding diaryl/α,β-unsaturated/α-hetero) is 1. The third-order valence-corrected chi connectivity index (χ3v) is 5.45. The highest BCUT2D eigenvalue weighted by atomic mass is 35.5. The molecule has 3 aromatic carbocycles. The first-order chi connectivity index (χ1) is 15.5. The van der Waals surface area contributed by atoms with Gasteiger partial charge in [-0.25, -0.2) is 4.39 Å². The topological polar surface area (TPSA) is 54.0 Å². The number of hydrogen-bond donors (Lipinski definition) is 0. The quantitative estimate of drug-likeness (QED) is 0.465. The SMILES string of the molecule is Cc1cc(OCc2cccc(F)c2)cc2c1C(=O)/C(=C/c1cc(Cl)cc3c1OCOC3)O2. The molecule has 3 aromatic rings. The molecule has 0 atom stereocenters. The number of fused-ring (bicyclic) bond motifs is 2. The Morgan fingerprint density at radius 1 is 1.19 bits per heavy atom. The average Bonchev–Trinajstić information content (AvgIpc) is 3.08. The average molecular weight is 453 g/mol. The Hall–Kier alpha value is -3.35. The molecule has 0 fully saturated rings. The highest BCUT2D eigenvalue weighted by molar-refractivity contribution is 6.31. The predicted molar refractivity (Wildman–Crippen MR) is 117 cm³/mol. The first-order valence-corrected chi connectivity index (χ1v) is 10.3. The Labute approximate surface area is 188 Å². The summed E-state index contributed by atoms with van der Waals surface area (Å²) in [6, 6.07) is 13.1. The van der Waals surface area contributed by atoms with Crippen molar-refractivity contribution in [1.82, 2.24) is 0 Å². The third-order valence-electron chi connectivity index (χ3n) is 5.23. The van der Waals surface area contributed by atoms with Crippen molar-refractivity contribution in [3.05, 3.63) is 92.9 Å². The first-order valence-electron chi connectivity index (χ1n) is 9.97. The Morgan fingerprint density at radius 3 is 2.91 bits per heavy atom. The lowest BCUT2D eigenvalue weighted by atomic mass is 10.0. The highest BCUT2D eigenvalue weighted by Gasteiger charge is 2.30. The van der Waals surface area contributed by atoms with Crippen LogP contribution in [-0.2, 0) is 18.0 Å². The number of carbonyl (C=O) groups is 1. The molecule has 5 nitrogen and oxygen atoms in total. The van der Waals surface area contributed by atoms with Crippen molar-refractivity contribution in [3.63, 3.8) is 0 Å². The van der Waals surface area contributed by atoms with Crippen LogP contribution in [0.25, 0.3) is 6.08 Å². The van der Waals surface area contributed by atoms with E-state index in [0.717, 1.165) is 11.1 Å². The fourth-order valence-electron chi connectivity index (χ4n) is 3.81. The molecule has 2 heterocycles. The van der Waals surface area contributed by atoms with Crippen molar-refractivity contribution in [2.24, 2.45) is 0 Å². The Kier molecular flexibility index (Phi) is 5.33. The molecule has 5 rings (SSSR count). The highest BCUT2D eigenvalue weighted by Crippen LogP contribution is 2.39. The number of hydrogen-bond acceptors (Lipinski definition) is 5. The zero-order valence-electron chi connectivity index (χ0n) is 17.1. The van der Waals surface area contributed by atoms with Gasteiger partial charge in [0.1, 0.15) is 29.7 Å². The third kappa shape index (κ3) is 3.95. The second-order valence-electron chi connectivity index (χ2n) is 7.57. The van der Waals surface area contributed by atoms with Crippen molar-refractivity contribution in [1.29, 1.82) is 0 Å². The van der Waals surface area contributed by atoms with Gasteiger partial charge in [-0.2, -0.15) is 0 Å². The van der Waals surface area contributed by atoms with Crippen molar-refractivity contribution in [2.45, 2.75) is 20.1 Å². The van der Waals surface area contributed by atoms with Gasteiger partial charge in [-0.3, -0.25) is 4.79 Å². The number of benzene rings is 3. The van der Waals surface area contributed by atoms with Gasteiger partial charge in [0.25, 0.3) is 0 Å². The van der Waals surface area contributed by atoms with Crippen LogP contribution >= 0.6 is 11.6 Å². The molecule has 32 heavy (non-hydrogen) atoms. The van der Waals surface area contributed by atoms with E-state index in [1.807, 2.05) is 6.92 Å². The molecular weight excluding hydrogens is 435 g/mol. The van der Waals surface area contributed by atoms with Crippen LogP contribution in [0, 0.1) is 12.7 Å². The summed E-state index contributed by atoms with van der Waals surface area (Å²) in [5.74, 6) is 1.19. The van der Waals surface area contributed by atoms with Crippen molar-refractivity contribution >= 4 is 23.5 Å². The van der Waals surface area contributed by atoms with E-state index in [4.69, 9.17) is 30.5 Å². The van der Waals surface area contributed by atoms with E-state index < -0.39 is 0 Å². The molecule has 0 saturated heterocycles. The van der Waals surface area contributed by atoms with Crippen LogP contribution in [0.2, 0.25) is 5.02 Å². The first kappa shape index (κ1) is 20.5. The molecule has 0 amide bonds. The molecule has 0 N–H and O–H groups in total. The van der Waals surface area contributed by atoms with Crippen LogP contribution in [0.4, 0.5) is 4.39 Å². The van der Waals surface area contributed by atoms with Gasteiger partial charge in [0.05, 0.1) is 12.2 Å². The summed E-state index contributed by atoms with van der Waals surface area (Å²) in [5.41, 5.74) is 3.36. The van der Waals surface area contributed by atoms with Gasteiger partial charge in [-0.15, -0.1) is 0 Å². The van der Waals surface area contributed by atoms with Gasteiger partial charge in [0.2, 0.25) is 5.78 Å². The van der Waals surface area contributed by atoms with E-state index in [0.29, 0.717) is 45.6 Å². The maximum Gasteiger partial charge on any atom is 0.232 e. The fraction of sp³-hybridized carbons (Fsp3) is 0.160. The maximum atomic E-state index is 13.4. The molecule has 0 radical (unpaired) electrons. The molecule has 0 aliphatic carbocycles. The fourth-order valence-corrected chi connectivity index (χ4v) is 4.06. The number of ketones is 1. The number of halogens is 2. The molecule has 0 spiro atoms. The lowest BCUT2D eigenvalue weighted by Crippen LogP contribution is -2.12. The molecule has 162 valence electrons. The zero-order valence-corrected chi connectivity index (χ0v) is 17.9. The largest absolute Gasteiger partial charge is 0.489 e. The molecule has 2 aliphatic rings. The van der Waals surface area contributed by atoms with E-state index in [1.54, 1.807) is 42.5 Å². The van der Waals surface area contributed by atoms with Gasteiger partial charge in [0.15, 0.2) is 12.6 Å². The summed E-state index contributed by atoms with van der Waals surface area (Å²) in [7, 11) is 0. The number of aryl methyl sites for hydroxylation is 1. The molecule has 0 aromatic heterocycles. The lowest BCUT2D eigenvalue weighted by molar-refractivity contribution is -0.0165. The number of carbonyl (C=O) groups excluding carboxylic acids is 1. The molecule has 0 saturated carbocycles. The summed E-state index contributed by atoms with van der Waals surface area (Å²) in [4.78, 5) is 13.0. The van der Waals surface area contributed by atoms with E-state index in [9.17, 15) is 9.18 Å². The van der Waals surface area contributed by atoms with Crippen LogP contribution < -0.4 is 14.2 Å². The summed E-state index contributed by atoms with van der Waals surface area (Å²) in [6.07, 6.45) is 1.63. The van der Waals surface area contributed by atoms with E-state index in [-0.39, 0.29) is 30.8 Å². The van der Waals surface area contributed by atoms with Gasteiger partial charge in [-0.1, -0.05) is 23.7 Å². The standard InChI is InChI=1S/C25H18ClFO5/c1-14-5-20(30-11-15-3-2-4-19(27)6-15)10-21-23(14)24(28)22(32-21)9-16-7-18(26)8-17-12-29-13-31-25(16)17/h2-10H,11-13H2,1H3/b22-9-. The molecule has 2 aliphatic heterocycles. The van der Waals surface area contributed by atoms with Crippen LogP contribution in [0.15, 0.2) is 54.3 Å². The van der Waals surface area contributed by atoms with Crippen molar-refractivity contribution < 1.29 is 28.1 Å². The Bertz CT molecular complexity index is 1270. The van der Waals surface area contributed by atoms with Gasteiger partial charge < -0.3 is 18.9 Å². The lowest BCUT2D eigenvalue weighted by Gasteiger charge is -2.20. The Morgan fingerprint density at radius 2 is 2.06 bits per heavy atom. The second kappa shape index (κ2) is 8.30. The number of allylic oxidation sites excluding steroid dienone is 1. The van der Waals surface area contributed by atoms with E-state index in [2.05, 4.69) is 0 Å². The van der Waals surface area contributed by atoms with Gasteiger partial charge in [0, 0.05) is 22.2 Å². The molecule has 0 unspecified atom stereocenters. The molecule has 0 bridgehead atoms. The normalized spacial score (nSPS) is 15.7. The van der Waals surface area contributed by atoms with E-state index >= 15 is 0 Å². The van der Waals surface area contributed by atoms with Crippen molar-refractivity contribution in [2.75, 3.05) is 6.79 Å². The maximum absolute atomic E-state index is 13.4.